The van der Waals surface area contributed by atoms with E-state index in [9.17, 15) is 8.42 Å². The molecule has 1 aliphatic heterocycles. The summed E-state index contributed by atoms with van der Waals surface area (Å²) in [6.07, 6.45) is 2.17. The minimum absolute atomic E-state index is 0. The van der Waals surface area contributed by atoms with Crippen molar-refractivity contribution < 1.29 is 13.2 Å². The van der Waals surface area contributed by atoms with E-state index in [-0.39, 0.29) is 41.9 Å². The summed E-state index contributed by atoms with van der Waals surface area (Å²) in [5.41, 5.74) is 0. The van der Waals surface area contributed by atoms with Gasteiger partial charge in [-0.1, -0.05) is 25.1 Å². The van der Waals surface area contributed by atoms with E-state index >= 15 is 0 Å². The largest absolute Gasteiger partial charge is 0.489 e. The van der Waals surface area contributed by atoms with Gasteiger partial charge in [0.05, 0.1) is 12.3 Å². The number of benzene rings is 1. The summed E-state index contributed by atoms with van der Waals surface area (Å²) in [5.74, 6) is 1.82. The Kier molecular flexibility index (Phi) is 11.9. The van der Waals surface area contributed by atoms with Crippen LogP contribution in [0.25, 0.3) is 0 Å². The van der Waals surface area contributed by atoms with Crippen molar-refractivity contribution >= 4 is 40.0 Å². The molecular weight excluding hydrogens is 503 g/mol. The number of hydrogen-bond donors (Lipinski definition) is 2. The maximum absolute atomic E-state index is 12.2. The third-order valence-corrected chi connectivity index (χ3v) is 6.66. The second-order valence-electron chi connectivity index (χ2n) is 7.09. The van der Waals surface area contributed by atoms with Gasteiger partial charge in [-0.25, -0.2) is 17.7 Å². The lowest BCUT2D eigenvalue weighted by Crippen LogP contribution is -2.50. The number of para-hydroxylation sites is 1. The highest BCUT2D eigenvalue weighted by Crippen LogP contribution is 2.15. The molecule has 0 spiro atoms. The minimum atomic E-state index is -3.10. The average Bonchev–Trinajstić information content (AvgIpc) is 2.67. The van der Waals surface area contributed by atoms with E-state index in [1.807, 2.05) is 51.1 Å². The highest BCUT2D eigenvalue weighted by atomic mass is 127. The first-order valence-electron chi connectivity index (χ1n) is 10.2. The predicted molar refractivity (Wildman–Crippen MR) is 130 cm³/mol. The first-order valence-corrected chi connectivity index (χ1v) is 11.8. The zero-order valence-corrected chi connectivity index (χ0v) is 20.8. The zero-order valence-electron chi connectivity index (χ0n) is 17.6. The maximum atomic E-state index is 12.2. The number of halogens is 1. The van der Waals surface area contributed by atoms with Gasteiger partial charge in [-0.3, -0.25) is 0 Å². The van der Waals surface area contributed by atoms with E-state index in [1.54, 1.807) is 4.31 Å². The smallest absolute Gasteiger partial charge is 0.214 e. The van der Waals surface area contributed by atoms with E-state index in [0.717, 1.165) is 31.1 Å². The number of piperidine rings is 1. The summed E-state index contributed by atoms with van der Waals surface area (Å²) in [4.78, 5) is 4.64. The summed E-state index contributed by atoms with van der Waals surface area (Å²) < 4.78 is 31.9. The lowest BCUT2D eigenvalue weighted by molar-refractivity contribution is 0.230. The number of sulfonamides is 1. The third kappa shape index (κ3) is 9.08. The van der Waals surface area contributed by atoms with Gasteiger partial charge in [0, 0.05) is 25.7 Å². The highest BCUT2D eigenvalue weighted by molar-refractivity contribution is 14.0. The lowest BCUT2D eigenvalue weighted by Gasteiger charge is -2.32. The Bertz CT molecular complexity index is 708. The summed E-state index contributed by atoms with van der Waals surface area (Å²) in [6.45, 7) is 8.35. The van der Waals surface area contributed by atoms with Crippen molar-refractivity contribution in [3.8, 4) is 5.75 Å². The molecule has 0 saturated carbocycles. The Labute approximate surface area is 192 Å². The predicted octanol–water partition coefficient (Wildman–Crippen LogP) is 2.83. The second-order valence-corrected chi connectivity index (χ2v) is 9.18. The summed E-state index contributed by atoms with van der Waals surface area (Å²) in [5, 5.41) is 6.70. The molecule has 1 unspecified atom stereocenters. The molecular formula is C20H35IN4O3S. The first kappa shape index (κ1) is 26.0. The van der Waals surface area contributed by atoms with Crippen LogP contribution in [-0.2, 0) is 10.0 Å². The van der Waals surface area contributed by atoms with Gasteiger partial charge in [-0.15, -0.1) is 24.0 Å². The Balaban J connectivity index is 0.00000420. The summed E-state index contributed by atoms with van der Waals surface area (Å²) >= 11 is 0. The maximum Gasteiger partial charge on any atom is 0.214 e. The SMILES string of the molecule is CCCS(=O)(=O)N1CCC(NC(=NCC(C)Oc2ccccc2)NCC)CC1.I. The van der Waals surface area contributed by atoms with Gasteiger partial charge < -0.3 is 15.4 Å². The molecule has 1 saturated heterocycles. The topological polar surface area (TPSA) is 83.0 Å². The van der Waals surface area contributed by atoms with Gasteiger partial charge in [-0.2, -0.15) is 0 Å². The van der Waals surface area contributed by atoms with Gasteiger partial charge in [0.15, 0.2) is 5.96 Å². The van der Waals surface area contributed by atoms with Crippen LogP contribution in [-0.4, -0.2) is 62.8 Å². The van der Waals surface area contributed by atoms with Crippen molar-refractivity contribution in [2.75, 3.05) is 31.9 Å². The van der Waals surface area contributed by atoms with Gasteiger partial charge >= 0.3 is 0 Å². The van der Waals surface area contributed by atoms with Gasteiger partial charge in [0.25, 0.3) is 0 Å². The van der Waals surface area contributed by atoms with Crippen LogP contribution in [0.1, 0.15) is 40.0 Å². The van der Waals surface area contributed by atoms with Crippen LogP contribution < -0.4 is 15.4 Å². The molecule has 1 aromatic carbocycles. The van der Waals surface area contributed by atoms with Crippen LogP contribution in [0, 0.1) is 0 Å². The van der Waals surface area contributed by atoms with E-state index in [4.69, 9.17) is 4.74 Å². The number of nitrogens with one attached hydrogen (secondary N) is 2. The Morgan fingerprint density at radius 3 is 2.48 bits per heavy atom. The van der Waals surface area contributed by atoms with Gasteiger partial charge in [-0.05, 0) is 45.2 Å². The standard InChI is InChI=1S/C20H34N4O3S.HI/c1-4-15-28(25,26)24-13-11-18(12-14-24)23-20(21-5-2)22-16-17(3)27-19-9-7-6-8-10-19;/h6-10,17-18H,4-5,11-16H2,1-3H3,(H2,21,22,23);1H. The molecule has 0 aliphatic carbocycles. The fourth-order valence-corrected chi connectivity index (χ4v) is 4.71. The molecule has 0 radical (unpaired) electrons. The quantitative estimate of drug-likeness (QED) is 0.287. The molecule has 7 nitrogen and oxygen atoms in total. The van der Waals surface area contributed by atoms with Gasteiger partial charge in [0.1, 0.15) is 11.9 Å². The second kappa shape index (κ2) is 13.3. The van der Waals surface area contributed by atoms with E-state index < -0.39 is 10.0 Å². The summed E-state index contributed by atoms with van der Waals surface area (Å²) in [7, 11) is -3.10. The Hall–Kier alpha value is -1.07. The van der Waals surface area contributed by atoms with E-state index in [2.05, 4.69) is 15.6 Å². The van der Waals surface area contributed by atoms with Crippen LogP contribution in [0.2, 0.25) is 0 Å². The first-order chi connectivity index (χ1) is 13.4. The minimum Gasteiger partial charge on any atom is -0.489 e. The third-order valence-electron chi connectivity index (χ3n) is 4.58. The average molecular weight is 538 g/mol. The molecule has 1 aromatic rings. The van der Waals surface area contributed by atoms with Crippen LogP contribution in [0.15, 0.2) is 35.3 Å². The van der Waals surface area contributed by atoms with E-state index in [1.165, 1.54) is 0 Å². The van der Waals surface area contributed by atoms with Crippen molar-refractivity contribution in [1.29, 1.82) is 0 Å². The van der Waals surface area contributed by atoms with Crippen molar-refractivity contribution in [3.05, 3.63) is 30.3 Å². The van der Waals surface area contributed by atoms with Crippen LogP contribution in [0.5, 0.6) is 5.75 Å². The number of nitrogens with zero attached hydrogens (tertiary/aromatic N) is 2. The monoisotopic (exact) mass is 538 g/mol. The molecule has 1 fully saturated rings. The molecule has 2 N–H and O–H groups in total. The molecule has 1 aliphatic rings. The molecule has 0 aromatic heterocycles. The number of hydrogen-bond acceptors (Lipinski definition) is 4. The zero-order chi connectivity index (χ0) is 20.4. The van der Waals surface area contributed by atoms with Crippen LogP contribution in [0.3, 0.4) is 0 Å². The van der Waals surface area contributed by atoms with Crippen molar-refractivity contribution in [3.63, 3.8) is 0 Å². The Morgan fingerprint density at radius 1 is 1.24 bits per heavy atom. The highest BCUT2D eigenvalue weighted by Gasteiger charge is 2.27. The normalized spacial score (nSPS) is 17.3. The van der Waals surface area contributed by atoms with Gasteiger partial charge in [0.2, 0.25) is 10.0 Å². The number of rotatable bonds is 9. The molecule has 166 valence electrons. The lowest BCUT2D eigenvalue weighted by atomic mass is 10.1. The molecule has 1 atom stereocenters. The summed E-state index contributed by atoms with van der Waals surface area (Å²) in [6, 6.07) is 9.94. The molecule has 9 heteroatoms. The van der Waals surface area contributed by atoms with Crippen molar-refractivity contribution in [1.82, 2.24) is 14.9 Å². The molecule has 29 heavy (non-hydrogen) atoms. The van der Waals surface area contributed by atoms with Crippen LogP contribution >= 0.6 is 24.0 Å². The number of aliphatic imine (C=N–C) groups is 1. The van der Waals surface area contributed by atoms with E-state index in [0.29, 0.717) is 26.1 Å². The Morgan fingerprint density at radius 2 is 1.90 bits per heavy atom. The van der Waals surface area contributed by atoms with Crippen LogP contribution in [0.4, 0.5) is 0 Å². The fourth-order valence-electron chi connectivity index (χ4n) is 3.17. The molecule has 0 bridgehead atoms. The number of guanidine groups is 1. The number of ether oxygens (including phenoxy) is 1. The fraction of sp³-hybridized carbons (Fsp3) is 0.650. The molecule has 2 rings (SSSR count). The van der Waals surface area contributed by atoms with Crippen molar-refractivity contribution in [2.45, 2.75) is 52.2 Å². The van der Waals surface area contributed by atoms with Crippen molar-refractivity contribution in [2.24, 2.45) is 4.99 Å². The molecule has 0 amide bonds. The molecule has 1 heterocycles.